The molecule has 0 spiro atoms. The van der Waals surface area contributed by atoms with Crippen LogP contribution in [-0.4, -0.2) is 34.4 Å². The van der Waals surface area contributed by atoms with Crippen LogP contribution in [0.3, 0.4) is 0 Å². The minimum Gasteiger partial charge on any atom is -0.333 e. The molecule has 2 atom stereocenters. The highest BCUT2D eigenvalue weighted by Gasteiger charge is 2.32. The molecular weight excluding hydrogens is 198 g/mol. The Morgan fingerprint density at radius 1 is 1.79 bits per heavy atom. The zero-order chi connectivity index (χ0) is 10.1. The van der Waals surface area contributed by atoms with Crippen LogP contribution < -0.4 is 5.73 Å². The summed E-state index contributed by atoms with van der Waals surface area (Å²) in [6.45, 7) is 2.74. The molecule has 1 saturated heterocycles. The lowest BCUT2D eigenvalue weighted by Gasteiger charge is -2.22. The first-order valence-corrected chi connectivity index (χ1v) is 5.59. The third-order valence-electron chi connectivity index (χ3n) is 2.73. The second-order valence-electron chi connectivity index (χ2n) is 3.57. The molecule has 2 N–H and O–H groups in total. The molecule has 0 radical (unpaired) electrons. The van der Waals surface area contributed by atoms with Crippen molar-refractivity contribution in [2.45, 2.75) is 25.4 Å². The minimum absolute atomic E-state index is 0.00620. The summed E-state index contributed by atoms with van der Waals surface area (Å²) in [6, 6.07) is 0.238. The summed E-state index contributed by atoms with van der Waals surface area (Å²) in [5, 5.41) is 1.78. The molecule has 14 heavy (non-hydrogen) atoms. The Hall–Kier alpha value is -0.940. The van der Waals surface area contributed by atoms with Gasteiger partial charge in [0.2, 0.25) is 0 Å². The molecule has 2 unspecified atom stereocenters. The van der Waals surface area contributed by atoms with Crippen molar-refractivity contribution in [3.8, 4) is 0 Å². The van der Waals surface area contributed by atoms with Crippen LogP contribution >= 0.6 is 11.3 Å². The van der Waals surface area contributed by atoms with Gasteiger partial charge in [-0.05, 0) is 13.3 Å². The van der Waals surface area contributed by atoms with Gasteiger partial charge in [-0.15, -0.1) is 11.3 Å². The summed E-state index contributed by atoms with van der Waals surface area (Å²) in [5.41, 5.74) is 8.06. The lowest BCUT2D eigenvalue weighted by molar-refractivity contribution is 0.0737. The van der Waals surface area contributed by atoms with Gasteiger partial charge < -0.3 is 10.6 Å². The Bertz CT molecular complexity index is 325. The number of amides is 1. The fourth-order valence-corrected chi connectivity index (χ4v) is 2.24. The molecule has 1 fully saturated rings. The summed E-state index contributed by atoms with van der Waals surface area (Å²) < 4.78 is 0. The molecule has 1 amide bonds. The monoisotopic (exact) mass is 211 g/mol. The van der Waals surface area contributed by atoms with Crippen molar-refractivity contribution >= 4 is 17.2 Å². The maximum Gasteiger partial charge on any atom is 0.273 e. The molecule has 1 aliphatic rings. The second kappa shape index (κ2) is 3.67. The third kappa shape index (κ3) is 1.53. The molecule has 2 heterocycles. The van der Waals surface area contributed by atoms with Crippen LogP contribution in [0, 0.1) is 0 Å². The van der Waals surface area contributed by atoms with E-state index in [1.54, 1.807) is 15.8 Å². The van der Waals surface area contributed by atoms with E-state index in [-0.39, 0.29) is 18.0 Å². The van der Waals surface area contributed by atoms with Crippen molar-refractivity contribution in [3.63, 3.8) is 0 Å². The van der Waals surface area contributed by atoms with Crippen LogP contribution in [0.1, 0.15) is 23.8 Å². The number of thiazole rings is 1. The molecule has 1 aliphatic heterocycles. The van der Waals surface area contributed by atoms with Gasteiger partial charge in [-0.25, -0.2) is 4.98 Å². The molecule has 76 valence electrons. The van der Waals surface area contributed by atoms with Crippen molar-refractivity contribution in [2.24, 2.45) is 5.73 Å². The number of carbonyl (C=O) groups is 1. The average Bonchev–Trinajstić information content (AvgIpc) is 2.77. The van der Waals surface area contributed by atoms with Gasteiger partial charge in [0.1, 0.15) is 5.69 Å². The highest BCUT2D eigenvalue weighted by atomic mass is 32.1. The van der Waals surface area contributed by atoms with E-state index in [4.69, 9.17) is 5.73 Å². The molecule has 0 aromatic carbocycles. The number of carbonyl (C=O) groups excluding carboxylic acids is 1. The van der Waals surface area contributed by atoms with E-state index >= 15 is 0 Å². The van der Waals surface area contributed by atoms with Crippen molar-refractivity contribution < 1.29 is 4.79 Å². The SMILES string of the molecule is CC1C(N)CCN1C(=O)c1cscn1. The number of nitrogens with zero attached hydrogens (tertiary/aromatic N) is 2. The number of hydrogen-bond acceptors (Lipinski definition) is 4. The lowest BCUT2D eigenvalue weighted by Crippen LogP contribution is -2.40. The van der Waals surface area contributed by atoms with E-state index in [1.807, 2.05) is 6.92 Å². The third-order valence-corrected chi connectivity index (χ3v) is 3.31. The van der Waals surface area contributed by atoms with Gasteiger partial charge in [0.15, 0.2) is 0 Å². The molecule has 4 nitrogen and oxygen atoms in total. The van der Waals surface area contributed by atoms with Gasteiger partial charge in [0, 0.05) is 24.0 Å². The molecule has 1 aromatic heterocycles. The maximum atomic E-state index is 11.9. The zero-order valence-corrected chi connectivity index (χ0v) is 8.83. The topological polar surface area (TPSA) is 59.2 Å². The Morgan fingerprint density at radius 2 is 2.57 bits per heavy atom. The van der Waals surface area contributed by atoms with E-state index in [0.29, 0.717) is 5.69 Å². The van der Waals surface area contributed by atoms with E-state index in [9.17, 15) is 4.79 Å². The van der Waals surface area contributed by atoms with Crippen LogP contribution in [0.4, 0.5) is 0 Å². The van der Waals surface area contributed by atoms with Crippen molar-refractivity contribution in [1.29, 1.82) is 0 Å². The molecule has 0 bridgehead atoms. The Kier molecular flexibility index (Phi) is 2.52. The predicted octanol–water partition coefficient (Wildman–Crippen LogP) is 0.705. The smallest absolute Gasteiger partial charge is 0.273 e. The molecular formula is C9H13N3OS. The number of nitrogens with two attached hydrogens (primary N) is 1. The lowest BCUT2D eigenvalue weighted by atomic mass is 10.2. The van der Waals surface area contributed by atoms with Gasteiger partial charge in [-0.2, -0.15) is 0 Å². The van der Waals surface area contributed by atoms with Crippen LogP contribution in [0.15, 0.2) is 10.9 Å². The Morgan fingerprint density at radius 3 is 3.07 bits per heavy atom. The first kappa shape index (κ1) is 9.61. The van der Waals surface area contributed by atoms with Crippen molar-refractivity contribution in [2.75, 3.05) is 6.54 Å². The van der Waals surface area contributed by atoms with Gasteiger partial charge in [0.05, 0.1) is 5.51 Å². The van der Waals surface area contributed by atoms with Crippen LogP contribution in [0.25, 0.3) is 0 Å². The predicted molar refractivity (Wildman–Crippen MR) is 55.2 cm³/mol. The van der Waals surface area contributed by atoms with E-state index < -0.39 is 0 Å². The summed E-state index contributed by atoms with van der Waals surface area (Å²) in [6.07, 6.45) is 0.886. The Balaban J connectivity index is 2.13. The maximum absolute atomic E-state index is 11.9. The first-order valence-electron chi connectivity index (χ1n) is 4.65. The molecule has 0 saturated carbocycles. The number of hydrogen-bond donors (Lipinski definition) is 1. The normalized spacial score (nSPS) is 26.9. The highest BCUT2D eigenvalue weighted by Crippen LogP contribution is 2.18. The van der Waals surface area contributed by atoms with Gasteiger partial charge in [-0.3, -0.25) is 4.79 Å². The van der Waals surface area contributed by atoms with E-state index in [2.05, 4.69) is 4.98 Å². The van der Waals surface area contributed by atoms with Crippen LogP contribution in [0.5, 0.6) is 0 Å². The second-order valence-corrected chi connectivity index (χ2v) is 4.28. The van der Waals surface area contributed by atoms with E-state index in [0.717, 1.165) is 13.0 Å². The minimum atomic E-state index is 0.00620. The number of likely N-dealkylation sites (tertiary alicyclic amines) is 1. The molecule has 1 aromatic rings. The average molecular weight is 211 g/mol. The number of aromatic nitrogens is 1. The van der Waals surface area contributed by atoms with Crippen LogP contribution in [-0.2, 0) is 0 Å². The van der Waals surface area contributed by atoms with Gasteiger partial charge >= 0.3 is 0 Å². The Labute approximate surface area is 86.7 Å². The standard InChI is InChI=1S/C9H13N3OS/c1-6-7(10)2-3-12(6)9(13)8-4-14-5-11-8/h4-7H,2-3,10H2,1H3. The summed E-state index contributed by atoms with van der Waals surface area (Å²) in [7, 11) is 0. The quantitative estimate of drug-likeness (QED) is 0.744. The van der Waals surface area contributed by atoms with Crippen LogP contribution in [0.2, 0.25) is 0 Å². The number of rotatable bonds is 1. The van der Waals surface area contributed by atoms with Gasteiger partial charge in [-0.1, -0.05) is 0 Å². The fourth-order valence-electron chi connectivity index (χ4n) is 1.72. The molecule has 0 aliphatic carbocycles. The summed E-state index contributed by atoms with van der Waals surface area (Å²) in [4.78, 5) is 17.7. The fraction of sp³-hybridized carbons (Fsp3) is 0.556. The van der Waals surface area contributed by atoms with Crippen molar-refractivity contribution in [1.82, 2.24) is 9.88 Å². The molecule has 2 rings (SSSR count). The van der Waals surface area contributed by atoms with Crippen molar-refractivity contribution in [3.05, 3.63) is 16.6 Å². The zero-order valence-electron chi connectivity index (χ0n) is 8.01. The van der Waals surface area contributed by atoms with E-state index in [1.165, 1.54) is 11.3 Å². The van der Waals surface area contributed by atoms with Gasteiger partial charge in [0.25, 0.3) is 5.91 Å². The highest BCUT2D eigenvalue weighted by molar-refractivity contribution is 7.07. The summed E-state index contributed by atoms with van der Waals surface area (Å²) >= 11 is 1.44. The molecule has 5 heteroatoms. The summed E-state index contributed by atoms with van der Waals surface area (Å²) in [5.74, 6) is 0.00620. The largest absolute Gasteiger partial charge is 0.333 e. The first-order chi connectivity index (χ1) is 6.70.